The third kappa shape index (κ3) is 4.33. The van der Waals surface area contributed by atoms with Crippen molar-refractivity contribution in [1.82, 2.24) is 9.88 Å². The van der Waals surface area contributed by atoms with Gasteiger partial charge in [-0.15, -0.1) is 0 Å². The van der Waals surface area contributed by atoms with Crippen LogP contribution in [0.15, 0.2) is 18.3 Å². The van der Waals surface area contributed by atoms with E-state index in [1.807, 2.05) is 13.8 Å². The summed E-state index contributed by atoms with van der Waals surface area (Å²) in [4.78, 5) is 18.1. The maximum atomic E-state index is 12.1. The number of carbonyl (C=O) groups excluding carboxylic acids is 1. The van der Waals surface area contributed by atoms with E-state index in [4.69, 9.17) is 10.5 Å². The molecule has 0 saturated carbocycles. The number of pyridine rings is 1. The first-order chi connectivity index (χ1) is 8.54. The molecule has 0 aromatic carbocycles. The van der Waals surface area contributed by atoms with E-state index < -0.39 is 0 Å². The highest BCUT2D eigenvalue weighted by Crippen LogP contribution is 2.06. The smallest absolute Gasteiger partial charge is 0.228 e. The first kappa shape index (κ1) is 14.4. The lowest BCUT2D eigenvalue weighted by atomic mass is 10.2. The molecule has 0 saturated heterocycles. The number of ether oxygens (including phenoxy) is 1. The Hall–Kier alpha value is -1.62. The van der Waals surface area contributed by atoms with Gasteiger partial charge in [-0.1, -0.05) is 0 Å². The van der Waals surface area contributed by atoms with Gasteiger partial charge in [0, 0.05) is 25.4 Å². The monoisotopic (exact) mass is 251 g/mol. The minimum atomic E-state index is 0.0549. The van der Waals surface area contributed by atoms with Gasteiger partial charge in [0.2, 0.25) is 5.91 Å². The lowest BCUT2D eigenvalue weighted by molar-refractivity contribution is -0.132. The molecule has 2 N–H and O–H groups in total. The molecule has 0 fully saturated rings. The molecule has 0 aliphatic rings. The van der Waals surface area contributed by atoms with E-state index in [0.717, 1.165) is 5.69 Å². The number of nitrogen functional groups attached to an aromatic ring is 1. The van der Waals surface area contributed by atoms with Gasteiger partial charge in [-0.3, -0.25) is 9.78 Å². The summed E-state index contributed by atoms with van der Waals surface area (Å²) in [5.41, 5.74) is 6.89. The number of methoxy groups -OCH3 is 1. The number of rotatable bonds is 6. The van der Waals surface area contributed by atoms with E-state index in [1.54, 1.807) is 30.3 Å². The van der Waals surface area contributed by atoms with Gasteiger partial charge in [0.25, 0.3) is 0 Å². The number of aromatic nitrogens is 1. The molecule has 1 aromatic heterocycles. The molecule has 0 aliphatic heterocycles. The van der Waals surface area contributed by atoms with Crippen LogP contribution in [0.1, 0.15) is 19.5 Å². The Bertz CT molecular complexity index is 376. The summed E-state index contributed by atoms with van der Waals surface area (Å²) in [5.74, 6) is 0.0549. The lowest BCUT2D eigenvalue weighted by Gasteiger charge is -2.26. The van der Waals surface area contributed by atoms with Crippen molar-refractivity contribution in [1.29, 1.82) is 0 Å². The Morgan fingerprint density at radius 3 is 2.72 bits per heavy atom. The maximum absolute atomic E-state index is 12.1. The van der Waals surface area contributed by atoms with Crippen LogP contribution >= 0.6 is 0 Å². The van der Waals surface area contributed by atoms with Crippen LogP contribution in [0.3, 0.4) is 0 Å². The van der Waals surface area contributed by atoms with Gasteiger partial charge in [0.1, 0.15) is 0 Å². The maximum Gasteiger partial charge on any atom is 0.228 e. The molecule has 5 heteroatoms. The van der Waals surface area contributed by atoms with E-state index in [1.165, 1.54) is 0 Å². The molecule has 0 unspecified atom stereocenters. The summed E-state index contributed by atoms with van der Waals surface area (Å²) in [6, 6.07) is 3.69. The summed E-state index contributed by atoms with van der Waals surface area (Å²) < 4.78 is 5.01. The second-order valence-electron chi connectivity index (χ2n) is 4.43. The van der Waals surface area contributed by atoms with Crippen LogP contribution in [0.4, 0.5) is 5.69 Å². The highest BCUT2D eigenvalue weighted by atomic mass is 16.5. The Kier molecular flexibility index (Phi) is 5.58. The standard InChI is InChI=1S/C13H21N3O2/c1-10(2)16(6-7-18-3)13(17)8-12-5-4-11(14)9-15-12/h4-5,9-10H,6-8,14H2,1-3H3. The number of carbonyl (C=O) groups is 1. The van der Waals surface area contributed by atoms with Crippen molar-refractivity contribution in [2.45, 2.75) is 26.3 Å². The summed E-state index contributed by atoms with van der Waals surface area (Å²) >= 11 is 0. The molecule has 5 nitrogen and oxygen atoms in total. The van der Waals surface area contributed by atoms with Crippen LogP contribution in [0.5, 0.6) is 0 Å². The zero-order valence-electron chi connectivity index (χ0n) is 11.2. The van der Waals surface area contributed by atoms with E-state index in [2.05, 4.69) is 4.98 Å². The quantitative estimate of drug-likeness (QED) is 0.821. The fraction of sp³-hybridized carbons (Fsp3) is 0.538. The fourth-order valence-electron chi connectivity index (χ4n) is 1.66. The number of hydrogen-bond donors (Lipinski definition) is 1. The van der Waals surface area contributed by atoms with Crippen molar-refractivity contribution >= 4 is 11.6 Å². The number of amides is 1. The van der Waals surface area contributed by atoms with Crippen molar-refractivity contribution in [2.24, 2.45) is 0 Å². The van der Waals surface area contributed by atoms with Crippen molar-refractivity contribution in [3.8, 4) is 0 Å². The Labute approximate surface area is 108 Å². The first-order valence-corrected chi connectivity index (χ1v) is 6.03. The molecule has 0 spiro atoms. The largest absolute Gasteiger partial charge is 0.397 e. The number of nitrogens with zero attached hydrogens (tertiary/aromatic N) is 2. The third-order valence-corrected chi connectivity index (χ3v) is 2.66. The number of anilines is 1. The second-order valence-corrected chi connectivity index (χ2v) is 4.43. The van der Waals surface area contributed by atoms with Crippen LogP contribution in [0.25, 0.3) is 0 Å². The predicted molar refractivity (Wildman–Crippen MR) is 71.1 cm³/mol. The SMILES string of the molecule is COCCN(C(=O)Cc1ccc(N)cn1)C(C)C. The molecule has 18 heavy (non-hydrogen) atoms. The Morgan fingerprint density at radius 2 is 2.22 bits per heavy atom. The average Bonchev–Trinajstić information content (AvgIpc) is 2.32. The first-order valence-electron chi connectivity index (χ1n) is 6.03. The minimum Gasteiger partial charge on any atom is -0.397 e. The Morgan fingerprint density at radius 1 is 1.50 bits per heavy atom. The van der Waals surface area contributed by atoms with E-state index >= 15 is 0 Å². The van der Waals surface area contributed by atoms with E-state index in [9.17, 15) is 4.79 Å². The molecule has 0 radical (unpaired) electrons. The predicted octanol–water partition coefficient (Wildman–Crippen LogP) is 1.09. The molecule has 0 bridgehead atoms. The highest BCUT2D eigenvalue weighted by Gasteiger charge is 2.17. The summed E-state index contributed by atoms with van der Waals surface area (Å²) in [7, 11) is 1.63. The van der Waals surface area contributed by atoms with Crippen LogP contribution < -0.4 is 5.73 Å². The molecular weight excluding hydrogens is 230 g/mol. The third-order valence-electron chi connectivity index (χ3n) is 2.66. The molecule has 100 valence electrons. The molecule has 0 aliphatic carbocycles. The van der Waals surface area contributed by atoms with Gasteiger partial charge in [-0.25, -0.2) is 0 Å². The van der Waals surface area contributed by atoms with Gasteiger partial charge in [0.05, 0.1) is 24.9 Å². The average molecular weight is 251 g/mol. The summed E-state index contributed by atoms with van der Waals surface area (Å²) in [6.07, 6.45) is 1.86. The van der Waals surface area contributed by atoms with Crippen LogP contribution in [0, 0.1) is 0 Å². The van der Waals surface area contributed by atoms with Gasteiger partial charge in [-0.2, -0.15) is 0 Å². The van der Waals surface area contributed by atoms with Crippen molar-refractivity contribution in [3.63, 3.8) is 0 Å². The molecule has 1 rings (SSSR count). The Balaban J connectivity index is 2.63. The second kappa shape index (κ2) is 6.96. The lowest BCUT2D eigenvalue weighted by Crippen LogP contribution is -2.40. The molecule has 1 aromatic rings. The number of hydrogen-bond acceptors (Lipinski definition) is 4. The fourth-order valence-corrected chi connectivity index (χ4v) is 1.66. The minimum absolute atomic E-state index is 0.0549. The molecular formula is C13H21N3O2. The van der Waals surface area contributed by atoms with Gasteiger partial charge in [0.15, 0.2) is 0 Å². The van der Waals surface area contributed by atoms with E-state index in [0.29, 0.717) is 25.3 Å². The topological polar surface area (TPSA) is 68.5 Å². The van der Waals surface area contributed by atoms with Crippen LogP contribution in [-0.2, 0) is 16.0 Å². The molecule has 1 heterocycles. The van der Waals surface area contributed by atoms with Gasteiger partial charge >= 0.3 is 0 Å². The number of nitrogens with two attached hydrogens (primary N) is 1. The highest BCUT2D eigenvalue weighted by molar-refractivity contribution is 5.78. The van der Waals surface area contributed by atoms with Gasteiger partial charge < -0.3 is 15.4 Å². The van der Waals surface area contributed by atoms with Crippen molar-refractivity contribution < 1.29 is 9.53 Å². The van der Waals surface area contributed by atoms with Crippen LogP contribution in [-0.4, -0.2) is 42.1 Å². The van der Waals surface area contributed by atoms with Gasteiger partial charge in [-0.05, 0) is 26.0 Å². The van der Waals surface area contributed by atoms with Crippen molar-refractivity contribution in [2.75, 3.05) is 26.0 Å². The zero-order chi connectivity index (χ0) is 13.5. The molecule has 0 atom stereocenters. The normalized spacial score (nSPS) is 10.7. The summed E-state index contributed by atoms with van der Waals surface area (Å²) in [6.45, 7) is 5.12. The summed E-state index contributed by atoms with van der Waals surface area (Å²) in [5, 5.41) is 0. The van der Waals surface area contributed by atoms with Crippen molar-refractivity contribution in [3.05, 3.63) is 24.0 Å². The van der Waals surface area contributed by atoms with E-state index in [-0.39, 0.29) is 11.9 Å². The zero-order valence-corrected chi connectivity index (χ0v) is 11.2. The van der Waals surface area contributed by atoms with Crippen LogP contribution in [0.2, 0.25) is 0 Å². The molecule has 1 amide bonds.